The number of ketones is 1. The molecule has 0 bridgehead atoms. The number of aromatic amines is 1. The first-order valence-electron chi connectivity index (χ1n) is 6.35. The lowest BCUT2D eigenvalue weighted by molar-refractivity contribution is 0.104. The number of nitrogens with one attached hydrogen (secondary N) is 1. The molecule has 2 aromatic carbocycles. The Morgan fingerprint density at radius 2 is 2.00 bits per heavy atom. The number of aromatic nitrogens is 1. The highest BCUT2D eigenvalue weighted by Gasteiger charge is 2.17. The van der Waals surface area contributed by atoms with Crippen LogP contribution in [-0.2, 0) is 0 Å². The van der Waals surface area contributed by atoms with Crippen LogP contribution in [0.1, 0.15) is 15.9 Å². The maximum Gasteiger partial charge on any atom is 0.197 e. The molecule has 3 N–H and O–H groups in total. The number of ether oxygens (including phenoxy) is 1. The maximum absolute atomic E-state index is 13.4. The second-order valence-electron chi connectivity index (χ2n) is 4.67. The molecule has 4 nitrogen and oxygen atoms in total. The smallest absolute Gasteiger partial charge is 0.197 e. The topological polar surface area (TPSA) is 68.1 Å². The van der Waals surface area contributed by atoms with Gasteiger partial charge >= 0.3 is 0 Å². The average molecular weight is 284 g/mol. The standard InChI is InChI=1S/C16H13FN2O2/c1-21-10-3-4-14(18)12(7-10)16(20)13-8-19-15-5-2-9(17)6-11(13)15/h2-8,19H,18H2,1H3. The number of rotatable bonds is 3. The minimum Gasteiger partial charge on any atom is -0.497 e. The van der Waals surface area contributed by atoms with Gasteiger partial charge in [0.2, 0.25) is 0 Å². The maximum atomic E-state index is 13.4. The fourth-order valence-corrected chi connectivity index (χ4v) is 2.28. The fourth-order valence-electron chi connectivity index (χ4n) is 2.28. The van der Waals surface area contributed by atoms with Gasteiger partial charge in [0, 0.05) is 33.9 Å². The minimum absolute atomic E-state index is 0.275. The van der Waals surface area contributed by atoms with Crippen LogP contribution >= 0.6 is 0 Å². The summed E-state index contributed by atoms with van der Waals surface area (Å²) >= 11 is 0. The molecule has 3 aromatic rings. The molecule has 0 saturated carbocycles. The van der Waals surface area contributed by atoms with Gasteiger partial charge in [-0.25, -0.2) is 4.39 Å². The minimum atomic E-state index is -0.394. The molecular formula is C16H13FN2O2. The van der Waals surface area contributed by atoms with E-state index in [2.05, 4.69) is 4.98 Å². The van der Waals surface area contributed by atoms with Crippen LogP contribution in [0, 0.1) is 5.82 Å². The highest BCUT2D eigenvalue weighted by Crippen LogP contribution is 2.26. The highest BCUT2D eigenvalue weighted by atomic mass is 19.1. The van der Waals surface area contributed by atoms with E-state index in [4.69, 9.17) is 10.5 Å². The summed E-state index contributed by atoms with van der Waals surface area (Å²) in [7, 11) is 1.51. The normalized spacial score (nSPS) is 10.8. The van der Waals surface area contributed by atoms with Crippen molar-refractivity contribution < 1.29 is 13.9 Å². The second-order valence-corrected chi connectivity index (χ2v) is 4.67. The first-order valence-corrected chi connectivity index (χ1v) is 6.35. The van der Waals surface area contributed by atoms with Gasteiger partial charge in [-0.3, -0.25) is 4.79 Å². The third-order valence-electron chi connectivity index (χ3n) is 3.39. The molecule has 3 rings (SSSR count). The number of halogens is 1. The van der Waals surface area contributed by atoms with E-state index < -0.39 is 5.82 Å². The van der Waals surface area contributed by atoms with Crippen LogP contribution < -0.4 is 10.5 Å². The van der Waals surface area contributed by atoms with Gasteiger partial charge in [0.25, 0.3) is 0 Å². The Bertz CT molecular complexity index is 839. The Hall–Kier alpha value is -2.82. The Kier molecular flexibility index (Phi) is 3.10. The third-order valence-corrected chi connectivity index (χ3v) is 3.39. The molecule has 0 aliphatic heterocycles. The highest BCUT2D eigenvalue weighted by molar-refractivity contribution is 6.18. The molecule has 1 aromatic heterocycles. The fraction of sp³-hybridized carbons (Fsp3) is 0.0625. The molecule has 0 atom stereocenters. The summed E-state index contributed by atoms with van der Waals surface area (Å²) in [4.78, 5) is 15.6. The molecular weight excluding hydrogens is 271 g/mol. The van der Waals surface area contributed by atoms with Crippen molar-refractivity contribution >= 4 is 22.4 Å². The molecule has 0 radical (unpaired) electrons. The lowest BCUT2D eigenvalue weighted by Crippen LogP contribution is -2.05. The lowest BCUT2D eigenvalue weighted by Gasteiger charge is -2.07. The van der Waals surface area contributed by atoms with Gasteiger partial charge in [0.05, 0.1) is 7.11 Å². The number of hydrogen-bond acceptors (Lipinski definition) is 3. The van der Waals surface area contributed by atoms with Gasteiger partial charge in [-0.1, -0.05) is 0 Å². The number of carbonyl (C=O) groups is 1. The van der Waals surface area contributed by atoms with Crippen molar-refractivity contribution in [1.82, 2.24) is 4.98 Å². The van der Waals surface area contributed by atoms with Gasteiger partial charge < -0.3 is 15.5 Å². The van der Waals surface area contributed by atoms with E-state index in [0.29, 0.717) is 33.5 Å². The van der Waals surface area contributed by atoms with Crippen molar-refractivity contribution in [2.45, 2.75) is 0 Å². The van der Waals surface area contributed by atoms with Gasteiger partial charge in [-0.15, -0.1) is 0 Å². The number of anilines is 1. The monoisotopic (exact) mass is 284 g/mol. The number of nitrogen functional groups attached to an aromatic ring is 1. The third kappa shape index (κ3) is 2.23. The first kappa shape index (κ1) is 13.2. The largest absolute Gasteiger partial charge is 0.497 e. The van der Waals surface area contributed by atoms with Crippen LogP contribution in [0.25, 0.3) is 10.9 Å². The number of benzene rings is 2. The molecule has 0 aliphatic rings. The van der Waals surface area contributed by atoms with Gasteiger partial charge in [0.15, 0.2) is 5.78 Å². The van der Waals surface area contributed by atoms with Crippen molar-refractivity contribution in [1.29, 1.82) is 0 Å². The van der Waals surface area contributed by atoms with Crippen molar-refractivity contribution in [3.05, 3.63) is 59.5 Å². The molecule has 1 heterocycles. The number of nitrogens with two attached hydrogens (primary N) is 1. The number of methoxy groups -OCH3 is 1. The van der Waals surface area contributed by atoms with Crippen LogP contribution in [0.15, 0.2) is 42.6 Å². The van der Waals surface area contributed by atoms with E-state index in [-0.39, 0.29) is 5.78 Å². The van der Waals surface area contributed by atoms with Crippen LogP contribution in [0.5, 0.6) is 5.75 Å². The Morgan fingerprint density at radius 1 is 1.19 bits per heavy atom. The van der Waals surface area contributed by atoms with Gasteiger partial charge in [-0.05, 0) is 36.4 Å². The van der Waals surface area contributed by atoms with E-state index in [9.17, 15) is 9.18 Å². The summed E-state index contributed by atoms with van der Waals surface area (Å²) in [6.45, 7) is 0. The van der Waals surface area contributed by atoms with E-state index in [0.717, 1.165) is 0 Å². The molecule has 0 fully saturated rings. The zero-order chi connectivity index (χ0) is 15.0. The number of H-pyrrole nitrogens is 1. The summed E-state index contributed by atoms with van der Waals surface area (Å²) < 4.78 is 18.5. The van der Waals surface area contributed by atoms with Gasteiger partial charge in [0.1, 0.15) is 11.6 Å². The van der Waals surface area contributed by atoms with Crippen LogP contribution in [0.2, 0.25) is 0 Å². The lowest BCUT2D eigenvalue weighted by atomic mass is 10.0. The van der Waals surface area contributed by atoms with Crippen LogP contribution in [0.4, 0.5) is 10.1 Å². The summed E-state index contributed by atoms with van der Waals surface area (Å²) in [5, 5.41) is 0.530. The summed E-state index contributed by atoms with van der Waals surface area (Å²) in [5.74, 6) is -0.128. The molecule has 0 unspecified atom stereocenters. The molecule has 0 aliphatic carbocycles. The van der Waals surface area contributed by atoms with Crippen molar-refractivity contribution in [2.75, 3.05) is 12.8 Å². The number of hydrogen-bond donors (Lipinski definition) is 2. The predicted octanol–water partition coefficient (Wildman–Crippen LogP) is 3.13. The van der Waals surface area contributed by atoms with Crippen molar-refractivity contribution in [2.24, 2.45) is 0 Å². The average Bonchev–Trinajstić information content (AvgIpc) is 2.90. The van der Waals surface area contributed by atoms with Gasteiger partial charge in [-0.2, -0.15) is 0 Å². The summed E-state index contributed by atoms with van der Waals surface area (Å²) in [6, 6.07) is 9.14. The van der Waals surface area contributed by atoms with Crippen LogP contribution in [-0.4, -0.2) is 17.9 Å². The Morgan fingerprint density at radius 3 is 2.76 bits per heavy atom. The molecule has 0 amide bonds. The number of carbonyl (C=O) groups excluding carboxylic acids is 1. The first-order chi connectivity index (χ1) is 10.1. The SMILES string of the molecule is COc1ccc(N)c(C(=O)c2c[nH]c3ccc(F)cc23)c1. The molecule has 0 saturated heterocycles. The summed E-state index contributed by atoms with van der Waals surface area (Å²) in [6.07, 6.45) is 1.56. The second kappa shape index (κ2) is 4.94. The molecule has 5 heteroatoms. The van der Waals surface area contributed by atoms with Crippen molar-refractivity contribution in [3.8, 4) is 5.75 Å². The zero-order valence-corrected chi connectivity index (χ0v) is 11.3. The van der Waals surface area contributed by atoms with Crippen molar-refractivity contribution in [3.63, 3.8) is 0 Å². The molecule has 106 valence electrons. The Labute approximate surface area is 120 Å². The molecule has 21 heavy (non-hydrogen) atoms. The van der Waals surface area contributed by atoms with Crippen LogP contribution in [0.3, 0.4) is 0 Å². The zero-order valence-electron chi connectivity index (χ0n) is 11.3. The molecule has 0 spiro atoms. The quantitative estimate of drug-likeness (QED) is 0.573. The number of fused-ring (bicyclic) bond motifs is 1. The van der Waals surface area contributed by atoms with E-state index >= 15 is 0 Å². The predicted molar refractivity (Wildman–Crippen MR) is 79.1 cm³/mol. The van der Waals surface area contributed by atoms with E-state index in [1.807, 2.05) is 0 Å². The Balaban J connectivity index is 2.14. The van der Waals surface area contributed by atoms with E-state index in [1.54, 1.807) is 30.5 Å². The van der Waals surface area contributed by atoms with E-state index in [1.165, 1.54) is 19.2 Å². The summed E-state index contributed by atoms with van der Waals surface area (Å²) in [5.41, 5.74) is 7.63.